The van der Waals surface area contributed by atoms with Crippen molar-refractivity contribution in [1.82, 2.24) is 5.32 Å². The predicted molar refractivity (Wildman–Crippen MR) is 58.4 cm³/mol. The zero-order chi connectivity index (χ0) is 9.94. The van der Waals surface area contributed by atoms with Gasteiger partial charge in [-0.25, -0.2) is 0 Å². The first-order valence-corrected chi connectivity index (χ1v) is 5.91. The number of hydrogen-bond acceptors (Lipinski definition) is 4. The average molecular weight is 207 g/mol. The van der Waals surface area contributed by atoms with Crippen LogP contribution < -0.4 is 5.32 Å². The van der Waals surface area contributed by atoms with Crippen molar-refractivity contribution in [2.24, 2.45) is 0 Å². The molecule has 0 spiro atoms. The van der Waals surface area contributed by atoms with E-state index in [-0.39, 0.29) is 12.6 Å². The summed E-state index contributed by atoms with van der Waals surface area (Å²) >= 11 is 1.91. The highest BCUT2D eigenvalue weighted by atomic mass is 32.2. The molecule has 0 aromatic carbocycles. The number of aliphatic hydroxyl groups excluding tert-OH is 1. The molecule has 0 radical (unpaired) electrons. The Balaban J connectivity index is 3.28. The van der Waals surface area contributed by atoms with Crippen molar-refractivity contribution in [2.45, 2.75) is 19.4 Å². The van der Waals surface area contributed by atoms with Crippen LogP contribution >= 0.6 is 11.8 Å². The molecule has 0 aliphatic carbocycles. The zero-order valence-electron chi connectivity index (χ0n) is 8.58. The molecule has 0 aromatic rings. The van der Waals surface area contributed by atoms with Gasteiger partial charge < -0.3 is 15.2 Å². The van der Waals surface area contributed by atoms with Crippen LogP contribution in [0.15, 0.2) is 0 Å². The summed E-state index contributed by atoms with van der Waals surface area (Å²) in [5.41, 5.74) is 0. The maximum atomic E-state index is 9.01. The Hall–Kier alpha value is 0.230. The highest BCUT2D eigenvalue weighted by molar-refractivity contribution is 7.99. The van der Waals surface area contributed by atoms with E-state index >= 15 is 0 Å². The third-order valence-electron chi connectivity index (χ3n) is 1.77. The number of methoxy groups -OCH3 is 1. The molecular weight excluding hydrogens is 186 g/mol. The largest absolute Gasteiger partial charge is 0.395 e. The van der Waals surface area contributed by atoms with Gasteiger partial charge in [0.2, 0.25) is 0 Å². The number of nitrogens with one attached hydrogen (secondary N) is 1. The first-order valence-electron chi connectivity index (χ1n) is 4.76. The fourth-order valence-corrected chi connectivity index (χ4v) is 1.73. The van der Waals surface area contributed by atoms with E-state index in [1.165, 1.54) is 0 Å². The van der Waals surface area contributed by atoms with Crippen molar-refractivity contribution in [3.05, 3.63) is 0 Å². The molecule has 1 unspecified atom stereocenters. The lowest BCUT2D eigenvalue weighted by atomic mass is 10.2. The van der Waals surface area contributed by atoms with Crippen LogP contribution in [0.4, 0.5) is 0 Å². The number of hydrogen-bond donors (Lipinski definition) is 2. The molecule has 0 saturated heterocycles. The van der Waals surface area contributed by atoms with Crippen molar-refractivity contribution < 1.29 is 9.84 Å². The summed E-state index contributed by atoms with van der Waals surface area (Å²) in [4.78, 5) is 0. The van der Waals surface area contributed by atoms with Gasteiger partial charge in [0.05, 0.1) is 13.2 Å². The summed E-state index contributed by atoms with van der Waals surface area (Å²) in [6.07, 6.45) is 1.03. The number of ether oxygens (including phenoxy) is 1. The average Bonchev–Trinajstić information content (AvgIpc) is 2.16. The Morgan fingerprint density at radius 3 is 2.85 bits per heavy atom. The molecule has 0 heterocycles. The Kier molecular flexibility index (Phi) is 10.5. The van der Waals surface area contributed by atoms with E-state index in [0.717, 1.165) is 24.5 Å². The fraction of sp³-hybridized carbons (Fsp3) is 1.00. The van der Waals surface area contributed by atoms with Crippen LogP contribution in [0.5, 0.6) is 0 Å². The zero-order valence-corrected chi connectivity index (χ0v) is 9.40. The van der Waals surface area contributed by atoms with Gasteiger partial charge in [-0.15, -0.1) is 0 Å². The third kappa shape index (κ3) is 8.56. The Labute approximate surface area is 85.2 Å². The minimum atomic E-state index is 0.216. The summed E-state index contributed by atoms with van der Waals surface area (Å²) in [7, 11) is 1.68. The third-order valence-corrected chi connectivity index (χ3v) is 2.71. The standard InChI is InChI=1S/C9H21NO2S/c1-3-13-7-4-9(8-11)10-5-6-12-2/h9-11H,3-8H2,1-2H3. The lowest BCUT2D eigenvalue weighted by molar-refractivity contribution is 0.183. The van der Waals surface area contributed by atoms with Gasteiger partial charge >= 0.3 is 0 Å². The second-order valence-electron chi connectivity index (χ2n) is 2.81. The monoisotopic (exact) mass is 207 g/mol. The minimum Gasteiger partial charge on any atom is -0.395 e. The van der Waals surface area contributed by atoms with Gasteiger partial charge in [-0.1, -0.05) is 6.92 Å². The number of rotatable bonds is 9. The van der Waals surface area contributed by atoms with Crippen LogP contribution in [0.3, 0.4) is 0 Å². The van der Waals surface area contributed by atoms with Crippen LogP contribution in [0.1, 0.15) is 13.3 Å². The molecule has 0 aromatic heterocycles. The lowest BCUT2D eigenvalue weighted by Gasteiger charge is -2.15. The topological polar surface area (TPSA) is 41.5 Å². The van der Waals surface area contributed by atoms with E-state index in [0.29, 0.717) is 6.61 Å². The van der Waals surface area contributed by atoms with E-state index in [2.05, 4.69) is 12.2 Å². The van der Waals surface area contributed by atoms with E-state index in [1.807, 2.05) is 11.8 Å². The second-order valence-corrected chi connectivity index (χ2v) is 4.21. The van der Waals surface area contributed by atoms with Gasteiger partial charge in [-0.2, -0.15) is 11.8 Å². The molecular formula is C9H21NO2S. The second kappa shape index (κ2) is 10.3. The molecule has 0 fully saturated rings. The Bertz CT molecular complexity index is 93.6. The minimum absolute atomic E-state index is 0.216. The summed E-state index contributed by atoms with van der Waals surface area (Å²) in [5.74, 6) is 2.26. The van der Waals surface area contributed by atoms with Crippen molar-refractivity contribution in [3.8, 4) is 0 Å². The summed E-state index contributed by atoms with van der Waals surface area (Å²) in [6.45, 7) is 3.89. The van der Waals surface area contributed by atoms with Crippen molar-refractivity contribution in [1.29, 1.82) is 0 Å². The highest BCUT2D eigenvalue weighted by Gasteiger charge is 2.04. The van der Waals surface area contributed by atoms with Crippen LogP contribution in [-0.4, -0.2) is 49.5 Å². The highest BCUT2D eigenvalue weighted by Crippen LogP contribution is 2.03. The maximum absolute atomic E-state index is 9.01. The van der Waals surface area contributed by atoms with E-state index in [1.54, 1.807) is 7.11 Å². The molecule has 3 nitrogen and oxygen atoms in total. The summed E-state index contributed by atoms with van der Waals surface area (Å²) in [6, 6.07) is 0.231. The van der Waals surface area contributed by atoms with E-state index in [4.69, 9.17) is 9.84 Å². The van der Waals surface area contributed by atoms with Gasteiger partial charge in [0.1, 0.15) is 0 Å². The Morgan fingerprint density at radius 2 is 2.31 bits per heavy atom. The maximum Gasteiger partial charge on any atom is 0.0587 e. The van der Waals surface area contributed by atoms with Crippen LogP contribution in [0.25, 0.3) is 0 Å². The van der Waals surface area contributed by atoms with Crippen molar-refractivity contribution in [3.63, 3.8) is 0 Å². The van der Waals surface area contributed by atoms with E-state index in [9.17, 15) is 0 Å². The number of aliphatic hydroxyl groups is 1. The van der Waals surface area contributed by atoms with E-state index < -0.39 is 0 Å². The van der Waals surface area contributed by atoms with Crippen LogP contribution in [-0.2, 0) is 4.74 Å². The molecule has 13 heavy (non-hydrogen) atoms. The van der Waals surface area contributed by atoms with Gasteiger partial charge in [0.15, 0.2) is 0 Å². The molecule has 2 N–H and O–H groups in total. The van der Waals surface area contributed by atoms with Crippen molar-refractivity contribution in [2.75, 3.05) is 38.4 Å². The molecule has 0 rings (SSSR count). The first kappa shape index (κ1) is 13.2. The van der Waals surface area contributed by atoms with Gasteiger partial charge in [-0.3, -0.25) is 0 Å². The smallest absolute Gasteiger partial charge is 0.0587 e. The van der Waals surface area contributed by atoms with Gasteiger partial charge in [-0.05, 0) is 17.9 Å². The van der Waals surface area contributed by atoms with Gasteiger partial charge in [0.25, 0.3) is 0 Å². The quantitative estimate of drug-likeness (QED) is 0.547. The molecule has 0 amide bonds. The molecule has 0 bridgehead atoms. The molecule has 1 atom stereocenters. The molecule has 0 aliphatic rings. The molecule has 80 valence electrons. The lowest BCUT2D eigenvalue weighted by Crippen LogP contribution is -2.35. The molecule has 0 saturated carbocycles. The fourth-order valence-electron chi connectivity index (χ4n) is 0.993. The molecule has 4 heteroatoms. The Morgan fingerprint density at radius 1 is 1.54 bits per heavy atom. The first-order chi connectivity index (χ1) is 6.35. The van der Waals surface area contributed by atoms with Crippen molar-refractivity contribution >= 4 is 11.8 Å². The van der Waals surface area contributed by atoms with Gasteiger partial charge in [0, 0.05) is 19.7 Å². The normalized spacial score (nSPS) is 13.2. The summed E-state index contributed by atoms with van der Waals surface area (Å²) in [5, 5.41) is 12.3. The number of thioether (sulfide) groups is 1. The van der Waals surface area contributed by atoms with Crippen LogP contribution in [0.2, 0.25) is 0 Å². The molecule has 0 aliphatic heterocycles. The predicted octanol–water partition coefficient (Wildman–Crippen LogP) is 0.727. The SMILES string of the molecule is CCSCCC(CO)NCCOC. The van der Waals surface area contributed by atoms with Crippen LogP contribution in [0, 0.1) is 0 Å². The summed E-state index contributed by atoms with van der Waals surface area (Å²) < 4.78 is 4.91.